The van der Waals surface area contributed by atoms with Crippen LogP contribution in [0.3, 0.4) is 0 Å². The number of nitrogens with one attached hydrogen (secondary N) is 2. The van der Waals surface area contributed by atoms with E-state index < -0.39 is 5.82 Å². The zero-order valence-electron chi connectivity index (χ0n) is 18.7. The number of fused-ring (bicyclic) bond motifs is 2. The van der Waals surface area contributed by atoms with Gasteiger partial charge in [-0.15, -0.1) is 0 Å². The highest BCUT2D eigenvalue weighted by molar-refractivity contribution is 6.30. The molecule has 2 saturated heterocycles. The number of aryl methyl sites for hydroxylation is 1. The summed E-state index contributed by atoms with van der Waals surface area (Å²) in [4.78, 5) is 31.9. The Hall–Kier alpha value is -3.26. The number of amides is 2. The first-order valence-corrected chi connectivity index (χ1v) is 11.8. The molecule has 176 valence electrons. The number of hydrogen-bond donors (Lipinski definition) is 2. The molecule has 1 unspecified atom stereocenters. The summed E-state index contributed by atoms with van der Waals surface area (Å²) in [5.74, 6) is -0.782. The summed E-state index contributed by atoms with van der Waals surface area (Å²) in [6.45, 7) is 2.20. The number of benzene rings is 1. The van der Waals surface area contributed by atoms with E-state index in [2.05, 4.69) is 20.5 Å². The van der Waals surface area contributed by atoms with Gasteiger partial charge in [-0.05, 0) is 62.4 Å². The lowest BCUT2D eigenvalue weighted by Crippen LogP contribution is -2.49. The van der Waals surface area contributed by atoms with Crippen LogP contribution in [0.25, 0.3) is 11.3 Å². The molecule has 3 aromatic rings. The van der Waals surface area contributed by atoms with Gasteiger partial charge in [0.05, 0.1) is 11.9 Å². The molecule has 1 aromatic carbocycles. The number of hydrogen-bond acceptors (Lipinski definition) is 4. The fraction of sp³-hybridized carbons (Fsp3) is 0.360. The summed E-state index contributed by atoms with van der Waals surface area (Å²) in [5.41, 5.74) is 2.65. The molecule has 7 nitrogen and oxygen atoms in total. The highest BCUT2D eigenvalue weighted by Gasteiger charge is 2.45. The van der Waals surface area contributed by atoms with Gasteiger partial charge in [0.25, 0.3) is 5.91 Å². The summed E-state index contributed by atoms with van der Waals surface area (Å²) < 4.78 is 14.2. The highest BCUT2D eigenvalue weighted by Crippen LogP contribution is 2.39. The van der Waals surface area contributed by atoms with Crippen LogP contribution in [0.4, 0.5) is 4.39 Å². The number of pyridine rings is 1. The molecule has 2 bridgehead atoms. The quantitative estimate of drug-likeness (QED) is 0.569. The minimum Gasteiger partial charge on any atom is -0.352 e. The molecule has 0 radical (unpaired) electrons. The number of halogens is 2. The normalized spacial score (nSPS) is 21.5. The monoisotopic (exact) mass is 481 g/mol. The number of carbonyl (C=O) groups is 2. The lowest BCUT2D eigenvalue weighted by atomic mass is 9.89. The molecule has 0 spiro atoms. The molecule has 2 aliphatic rings. The second-order valence-electron chi connectivity index (χ2n) is 9.09. The number of carbonyl (C=O) groups excluding carboxylic acids is 2. The number of aromatic nitrogens is 3. The van der Waals surface area contributed by atoms with E-state index in [0.29, 0.717) is 41.4 Å². The third-order valence-corrected chi connectivity index (χ3v) is 7.01. The van der Waals surface area contributed by atoms with Crippen molar-refractivity contribution in [2.75, 3.05) is 0 Å². The Balaban J connectivity index is 1.25. The molecule has 34 heavy (non-hydrogen) atoms. The first kappa shape index (κ1) is 22.5. The van der Waals surface area contributed by atoms with E-state index in [4.69, 9.17) is 11.6 Å². The zero-order valence-corrected chi connectivity index (χ0v) is 19.5. The first-order chi connectivity index (χ1) is 16.4. The van der Waals surface area contributed by atoms with Crippen molar-refractivity contribution < 1.29 is 14.0 Å². The predicted molar refractivity (Wildman–Crippen MR) is 126 cm³/mol. The molecule has 2 aliphatic heterocycles. The number of rotatable bonds is 5. The molecule has 0 aliphatic carbocycles. The van der Waals surface area contributed by atoms with Gasteiger partial charge < -0.3 is 10.2 Å². The van der Waals surface area contributed by atoms with Crippen molar-refractivity contribution in [3.05, 3.63) is 70.4 Å². The molecule has 4 heterocycles. The standard InChI is InChI=1S/C25H25ClFN5O2/c1-14-7-20(21(27)13-28-14)22-11-23(31-30-22)25(34)32-18-5-6-19(32)10-16(9-18)24(33)29-12-15-3-2-4-17(26)8-15/h2-4,7-8,11,13,16,18-19H,5-6,9-10,12H2,1H3,(H,29,33)(H,30,31)/t16?,18-,19+. The van der Waals surface area contributed by atoms with Gasteiger partial charge in [-0.1, -0.05) is 23.7 Å². The van der Waals surface area contributed by atoms with Gasteiger partial charge in [-0.3, -0.25) is 19.7 Å². The van der Waals surface area contributed by atoms with E-state index in [0.717, 1.165) is 24.6 Å². The Morgan fingerprint density at radius 2 is 1.97 bits per heavy atom. The van der Waals surface area contributed by atoms with Crippen molar-refractivity contribution in [3.63, 3.8) is 0 Å². The summed E-state index contributed by atoms with van der Waals surface area (Å²) >= 11 is 6.02. The third-order valence-electron chi connectivity index (χ3n) is 6.77. The summed E-state index contributed by atoms with van der Waals surface area (Å²) in [7, 11) is 0. The number of piperidine rings is 1. The molecule has 2 amide bonds. The van der Waals surface area contributed by atoms with E-state index in [1.165, 1.54) is 0 Å². The number of H-pyrrole nitrogens is 1. The first-order valence-electron chi connectivity index (χ1n) is 11.4. The highest BCUT2D eigenvalue weighted by atomic mass is 35.5. The van der Waals surface area contributed by atoms with Crippen LogP contribution >= 0.6 is 11.6 Å². The minimum atomic E-state index is -0.474. The lowest BCUT2D eigenvalue weighted by Gasteiger charge is -2.38. The van der Waals surface area contributed by atoms with Crippen molar-refractivity contribution in [3.8, 4) is 11.3 Å². The van der Waals surface area contributed by atoms with Crippen LogP contribution in [0, 0.1) is 18.7 Å². The Bertz CT molecular complexity index is 1230. The topological polar surface area (TPSA) is 91.0 Å². The number of nitrogens with zero attached hydrogens (tertiary/aromatic N) is 3. The van der Waals surface area contributed by atoms with E-state index in [1.807, 2.05) is 23.1 Å². The smallest absolute Gasteiger partial charge is 0.274 e. The van der Waals surface area contributed by atoms with Gasteiger partial charge in [0.2, 0.25) is 5.91 Å². The van der Waals surface area contributed by atoms with E-state index in [9.17, 15) is 14.0 Å². The SMILES string of the molecule is Cc1cc(-c2cc(C(=O)N3[C@@H]4CC[C@H]3CC(C(=O)NCc3cccc(Cl)c3)C4)n[nH]2)c(F)cn1. The molecule has 2 fully saturated rings. The van der Waals surface area contributed by atoms with Crippen molar-refractivity contribution in [1.82, 2.24) is 25.4 Å². The second-order valence-corrected chi connectivity index (χ2v) is 9.52. The van der Waals surface area contributed by atoms with Gasteiger partial charge in [0, 0.05) is 40.8 Å². The van der Waals surface area contributed by atoms with Crippen LogP contribution in [0.1, 0.15) is 47.4 Å². The van der Waals surface area contributed by atoms with E-state index in [1.54, 1.807) is 25.1 Å². The van der Waals surface area contributed by atoms with Crippen molar-refractivity contribution in [2.24, 2.45) is 5.92 Å². The average Bonchev–Trinajstić information content (AvgIpc) is 3.41. The van der Waals surface area contributed by atoms with Crippen LogP contribution in [-0.4, -0.2) is 44.0 Å². The molecule has 3 atom stereocenters. The van der Waals surface area contributed by atoms with Crippen molar-refractivity contribution in [2.45, 2.75) is 51.2 Å². The van der Waals surface area contributed by atoms with Gasteiger partial charge in [0.15, 0.2) is 11.5 Å². The molecular formula is C25H25ClFN5O2. The van der Waals surface area contributed by atoms with Crippen LogP contribution in [0.15, 0.2) is 42.6 Å². The molecular weight excluding hydrogens is 457 g/mol. The van der Waals surface area contributed by atoms with Gasteiger partial charge >= 0.3 is 0 Å². The van der Waals surface area contributed by atoms with Gasteiger partial charge in [-0.25, -0.2) is 4.39 Å². The van der Waals surface area contributed by atoms with E-state index in [-0.39, 0.29) is 35.5 Å². The van der Waals surface area contributed by atoms with E-state index >= 15 is 0 Å². The maximum atomic E-state index is 14.2. The average molecular weight is 482 g/mol. The Morgan fingerprint density at radius 1 is 1.21 bits per heavy atom. The fourth-order valence-corrected chi connectivity index (χ4v) is 5.37. The molecule has 9 heteroatoms. The molecule has 0 saturated carbocycles. The summed E-state index contributed by atoms with van der Waals surface area (Å²) in [6.07, 6.45) is 4.14. The predicted octanol–water partition coefficient (Wildman–Crippen LogP) is 4.27. The van der Waals surface area contributed by atoms with Gasteiger partial charge in [0.1, 0.15) is 0 Å². The van der Waals surface area contributed by atoms with Crippen LogP contribution in [0.5, 0.6) is 0 Å². The summed E-state index contributed by atoms with van der Waals surface area (Å²) in [6, 6.07) is 10.6. The Kier molecular flexibility index (Phi) is 6.08. The Labute approximate surface area is 201 Å². The van der Waals surface area contributed by atoms with Crippen molar-refractivity contribution >= 4 is 23.4 Å². The van der Waals surface area contributed by atoms with Gasteiger partial charge in [-0.2, -0.15) is 5.10 Å². The number of aromatic amines is 1. The van der Waals surface area contributed by atoms with Crippen LogP contribution in [-0.2, 0) is 11.3 Å². The second kappa shape index (κ2) is 9.18. The molecule has 2 N–H and O–H groups in total. The molecule has 2 aromatic heterocycles. The minimum absolute atomic E-state index is 0.00627. The Morgan fingerprint density at radius 3 is 2.71 bits per heavy atom. The van der Waals surface area contributed by atoms with Crippen LogP contribution in [0.2, 0.25) is 5.02 Å². The maximum Gasteiger partial charge on any atom is 0.274 e. The molecule has 5 rings (SSSR count). The largest absolute Gasteiger partial charge is 0.352 e. The fourth-order valence-electron chi connectivity index (χ4n) is 5.15. The summed E-state index contributed by atoms with van der Waals surface area (Å²) in [5, 5.41) is 10.6. The van der Waals surface area contributed by atoms with Crippen LogP contribution < -0.4 is 5.32 Å². The maximum absolute atomic E-state index is 14.2. The third kappa shape index (κ3) is 4.42. The zero-order chi connectivity index (χ0) is 23.8. The van der Waals surface area contributed by atoms with Crippen molar-refractivity contribution in [1.29, 1.82) is 0 Å². The lowest BCUT2D eigenvalue weighted by molar-refractivity contribution is -0.127.